The Balaban J connectivity index is 1.87. The monoisotopic (exact) mass is 377 g/mol. The number of amides is 1. The van der Waals surface area contributed by atoms with Crippen LogP contribution < -0.4 is 5.32 Å². The Morgan fingerprint density at radius 1 is 1.17 bits per heavy atom. The molecule has 2 saturated carbocycles. The highest BCUT2D eigenvalue weighted by Crippen LogP contribution is 2.65. The van der Waals surface area contributed by atoms with Gasteiger partial charge in [-0.25, -0.2) is 0 Å². The molecule has 2 nitrogen and oxygen atoms in total. The van der Waals surface area contributed by atoms with Crippen LogP contribution >= 0.6 is 15.9 Å². The summed E-state index contributed by atoms with van der Waals surface area (Å²) in [6, 6.07) is 2.27. The van der Waals surface area contributed by atoms with Crippen molar-refractivity contribution < 1.29 is 4.79 Å². The topological polar surface area (TPSA) is 29.1 Å². The smallest absolute Gasteiger partial charge is 0.251 e. The molecule has 0 saturated heterocycles. The number of hydrogen-bond donors (Lipinski definition) is 1. The van der Waals surface area contributed by atoms with Gasteiger partial charge in [0.15, 0.2) is 0 Å². The fourth-order valence-corrected chi connectivity index (χ4v) is 5.43. The summed E-state index contributed by atoms with van der Waals surface area (Å²) < 4.78 is 1.02. The van der Waals surface area contributed by atoms with Crippen molar-refractivity contribution in [1.29, 1.82) is 0 Å². The molecule has 1 amide bonds. The summed E-state index contributed by atoms with van der Waals surface area (Å²) in [6.07, 6.45) is 3.66. The minimum atomic E-state index is 0.0841. The minimum absolute atomic E-state index is 0.0841. The number of nitrogens with one attached hydrogen (secondary N) is 1. The third-order valence-electron chi connectivity index (χ3n) is 7.50. The van der Waals surface area contributed by atoms with Gasteiger partial charge in [-0.15, -0.1) is 0 Å². The summed E-state index contributed by atoms with van der Waals surface area (Å²) in [5.41, 5.74) is 4.86. The zero-order valence-electron chi connectivity index (χ0n) is 15.1. The summed E-state index contributed by atoms with van der Waals surface area (Å²) in [4.78, 5) is 12.9. The Bertz CT molecular complexity index is 679. The molecule has 0 unspecified atom stereocenters. The largest absolute Gasteiger partial charge is 0.349 e. The highest BCUT2D eigenvalue weighted by molar-refractivity contribution is 9.10. The lowest BCUT2D eigenvalue weighted by Crippen LogP contribution is -2.47. The third kappa shape index (κ3) is 2.30. The first-order valence-corrected chi connectivity index (χ1v) is 9.46. The molecule has 1 N–H and O–H groups in total. The highest BCUT2D eigenvalue weighted by atomic mass is 79.9. The lowest BCUT2D eigenvalue weighted by atomic mass is 9.69. The van der Waals surface area contributed by atoms with Crippen LogP contribution in [0, 0.1) is 37.5 Å². The van der Waals surface area contributed by atoms with Crippen molar-refractivity contribution in [3.05, 3.63) is 32.8 Å². The molecule has 23 heavy (non-hydrogen) atoms. The van der Waals surface area contributed by atoms with Gasteiger partial charge in [-0.1, -0.05) is 36.7 Å². The second-order valence-corrected chi connectivity index (χ2v) is 9.27. The number of fused-ring (bicyclic) bond motifs is 2. The summed E-state index contributed by atoms with van der Waals surface area (Å²) >= 11 is 3.59. The van der Waals surface area contributed by atoms with Gasteiger partial charge < -0.3 is 5.32 Å². The number of benzene rings is 1. The lowest BCUT2D eigenvalue weighted by Gasteiger charge is -2.39. The van der Waals surface area contributed by atoms with Gasteiger partial charge in [0.05, 0.1) is 0 Å². The van der Waals surface area contributed by atoms with E-state index in [0.717, 1.165) is 27.9 Å². The van der Waals surface area contributed by atoms with E-state index in [1.54, 1.807) is 0 Å². The first-order chi connectivity index (χ1) is 10.6. The predicted octanol–water partition coefficient (Wildman–Crippen LogP) is 5.32. The SMILES string of the molecule is Cc1c(Br)cc(C(=O)N[C@@H]2C[C@H]3CC[C@@]2(C)C3(C)C)c(C)c1C. The van der Waals surface area contributed by atoms with Crippen LogP contribution in [0.4, 0.5) is 0 Å². The lowest BCUT2D eigenvalue weighted by molar-refractivity contribution is 0.0825. The molecule has 2 aliphatic carbocycles. The first kappa shape index (κ1) is 17.0. The van der Waals surface area contributed by atoms with Gasteiger partial charge in [0.2, 0.25) is 0 Å². The maximum absolute atomic E-state index is 12.9. The molecule has 1 aromatic rings. The van der Waals surface area contributed by atoms with E-state index in [1.807, 2.05) is 6.07 Å². The molecule has 0 radical (unpaired) electrons. The van der Waals surface area contributed by atoms with Gasteiger partial charge >= 0.3 is 0 Å². The van der Waals surface area contributed by atoms with Gasteiger partial charge in [-0.2, -0.15) is 0 Å². The van der Waals surface area contributed by atoms with Crippen molar-refractivity contribution >= 4 is 21.8 Å². The Morgan fingerprint density at radius 3 is 2.35 bits per heavy atom. The van der Waals surface area contributed by atoms with Gasteiger partial charge in [-0.05, 0) is 79.5 Å². The van der Waals surface area contributed by atoms with Gasteiger partial charge in [0.1, 0.15) is 0 Å². The molecule has 1 aromatic carbocycles. The summed E-state index contributed by atoms with van der Waals surface area (Å²) in [6.45, 7) is 13.4. The molecule has 0 aliphatic heterocycles. The van der Waals surface area contributed by atoms with Crippen molar-refractivity contribution in [2.45, 2.75) is 66.8 Å². The van der Waals surface area contributed by atoms with Crippen LogP contribution in [-0.4, -0.2) is 11.9 Å². The van der Waals surface area contributed by atoms with Crippen molar-refractivity contribution in [2.75, 3.05) is 0 Å². The van der Waals surface area contributed by atoms with E-state index in [1.165, 1.54) is 24.0 Å². The molecule has 2 aliphatic rings. The molecular weight excluding hydrogens is 350 g/mol. The Morgan fingerprint density at radius 2 is 1.83 bits per heavy atom. The second-order valence-electron chi connectivity index (χ2n) is 8.42. The van der Waals surface area contributed by atoms with Gasteiger partial charge in [0, 0.05) is 16.1 Å². The molecule has 3 heteroatoms. The standard InChI is InChI=1S/C20H28BrNO/c1-11-12(2)15(10-16(21)13(11)3)18(23)22-17-9-14-7-8-20(17,6)19(14,4)5/h10,14,17H,7-9H2,1-6H3,(H,22,23)/t14-,17-,20-/m1/s1. The van der Waals surface area contributed by atoms with Crippen LogP contribution in [0.15, 0.2) is 10.5 Å². The predicted molar refractivity (Wildman–Crippen MR) is 98.8 cm³/mol. The Hall–Kier alpha value is -0.830. The molecule has 0 aromatic heterocycles. The molecule has 3 atom stereocenters. The van der Waals surface area contributed by atoms with E-state index in [2.05, 4.69) is 62.8 Å². The van der Waals surface area contributed by atoms with Crippen molar-refractivity contribution in [3.63, 3.8) is 0 Å². The van der Waals surface area contributed by atoms with Gasteiger partial charge in [0.25, 0.3) is 5.91 Å². The fraction of sp³-hybridized carbons (Fsp3) is 0.650. The van der Waals surface area contributed by atoms with Crippen LogP contribution in [0.1, 0.15) is 67.1 Å². The number of hydrogen-bond acceptors (Lipinski definition) is 1. The van der Waals surface area contributed by atoms with Crippen molar-refractivity contribution in [3.8, 4) is 0 Å². The number of halogens is 1. The summed E-state index contributed by atoms with van der Waals surface area (Å²) in [7, 11) is 0. The summed E-state index contributed by atoms with van der Waals surface area (Å²) in [5.74, 6) is 0.825. The quantitative estimate of drug-likeness (QED) is 0.742. The molecule has 2 bridgehead atoms. The zero-order chi connectivity index (χ0) is 17.2. The molecule has 126 valence electrons. The fourth-order valence-electron chi connectivity index (χ4n) is 4.90. The van der Waals surface area contributed by atoms with Crippen LogP contribution in [0.3, 0.4) is 0 Å². The van der Waals surface area contributed by atoms with Crippen LogP contribution in [0.5, 0.6) is 0 Å². The van der Waals surface area contributed by atoms with E-state index in [-0.39, 0.29) is 11.3 Å². The van der Waals surface area contributed by atoms with Crippen molar-refractivity contribution in [2.24, 2.45) is 16.7 Å². The Labute approximate surface area is 148 Å². The van der Waals surface area contributed by atoms with E-state index >= 15 is 0 Å². The molecule has 0 spiro atoms. The molecular formula is C20H28BrNO. The van der Waals surface area contributed by atoms with E-state index < -0.39 is 0 Å². The van der Waals surface area contributed by atoms with Crippen LogP contribution in [0.25, 0.3) is 0 Å². The number of rotatable bonds is 2. The van der Waals surface area contributed by atoms with Crippen LogP contribution in [-0.2, 0) is 0 Å². The third-order valence-corrected chi connectivity index (χ3v) is 8.33. The minimum Gasteiger partial charge on any atom is -0.349 e. The second kappa shape index (κ2) is 5.34. The van der Waals surface area contributed by atoms with E-state index in [9.17, 15) is 4.79 Å². The molecule has 3 rings (SSSR count). The van der Waals surface area contributed by atoms with Gasteiger partial charge in [-0.3, -0.25) is 4.79 Å². The molecule has 0 heterocycles. The maximum Gasteiger partial charge on any atom is 0.251 e. The average molecular weight is 378 g/mol. The number of carbonyl (C=O) groups is 1. The maximum atomic E-state index is 12.9. The zero-order valence-corrected chi connectivity index (χ0v) is 16.7. The Kier molecular flexibility index (Phi) is 3.95. The van der Waals surface area contributed by atoms with E-state index in [0.29, 0.717) is 11.5 Å². The normalized spacial score (nSPS) is 31.4. The molecule has 2 fully saturated rings. The average Bonchev–Trinajstić information content (AvgIpc) is 2.82. The number of carbonyl (C=O) groups excluding carboxylic acids is 1. The first-order valence-electron chi connectivity index (χ1n) is 8.66. The highest BCUT2D eigenvalue weighted by Gasteiger charge is 2.61. The van der Waals surface area contributed by atoms with Crippen LogP contribution in [0.2, 0.25) is 0 Å². The van der Waals surface area contributed by atoms with E-state index in [4.69, 9.17) is 0 Å². The van der Waals surface area contributed by atoms with Crippen molar-refractivity contribution in [1.82, 2.24) is 5.32 Å². The summed E-state index contributed by atoms with van der Waals surface area (Å²) in [5, 5.41) is 3.38.